The normalized spacial score (nSPS) is 11.6. The molecule has 2 rings (SSSR count). The second kappa shape index (κ2) is 9.34. The first-order chi connectivity index (χ1) is 12.0. The van der Waals surface area contributed by atoms with Gasteiger partial charge < -0.3 is 10.1 Å². The maximum atomic E-state index is 12.2. The Kier molecular flexibility index (Phi) is 7.16. The van der Waals surface area contributed by atoms with Crippen molar-refractivity contribution in [3.05, 3.63) is 64.7 Å². The number of amides is 1. The van der Waals surface area contributed by atoms with Crippen LogP contribution in [0.2, 0.25) is 5.02 Å². The van der Waals surface area contributed by atoms with Crippen molar-refractivity contribution >= 4 is 34.3 Å². The molecule has 1 atom stereocenters. The van der Waals surface area contributed by atoms with Gasteiger partial charge in [-0.15, -0.1) is 0 Å². The molecule has 0 heterocycles. The van der Waals surface area contributed by atoms with E-state index in [1.54, 1.807) is 43.3 Å². The van der Waals surface area contributed by atoms with Gasteiger partial charge in [0.1, 0.15) is 0 Å². The van der Waals surface area contributed by atoms with Crippen LogP contribution in [-0.4, -0.2) is 28.4 Å². The molecule has 2 aromatic carbocycles. The van der Waals surface area contributed by atoms with E-state index in [4.69, 9.17) is 16.3 Å². The van der Waals surface area contributed by atoms with Gasteiger partial charge in [-0.05, 0) is 23.8 Å². The average Bonchev–Trinajstić information content (AvgIpc) is 2.64. The molecule has 0 saturated heterocycles. The Hall–Kier alpha value is -2.18. The third kappa shape index (κ3) is 5.41. The largest absolute Gasteiger partial charge is 0.452 e. The molecule has 1 N–H and O–H groups in total. The quantitative estimate of drug-likeness (QED) is 0.751. The summed E-state index contributed by atoms with van der Waals surface area (Å²) in [7, 11) is -1.28. The Morgan fingerprint density at radius 1 is 1.12 bits per heavy atom. The first kappa shape index (κ1) is 19.1. The first-order valence-corrected chi connectivity index (χ1v) is 9.37. The van der Waals surface area contributed by atoms with Crippen molar-refractivity contribution in [1.29, 1.82) is 0 Å². The highest BCUT2D eigenvalue weighted by Crippen LogP contribution is 2.16. The zero-order valence-electron chi connectivity index (χ0n) is 13.7. The highest BCUT2D eigenvalue weighted by molar-refractivity contribution is 7.85. The summed E-state index contributed by atoms with van der Waals surface area (Å²) in [5.41, 5.74) is 0.981. The third-order valence-electron chi connectivity index (χ3n) is 3.38. The van der Waals surface area contributed by atoms with E-state index >= 15 is 0 Å². The van der Waals surface area contributed by atoms with Crippen molar-refractivity contribution in [3.63, 3.8) is 0 Å². The number of carbonyl (C=O) groups is 2. The van der Waals surface area contributed by atoms with Crippen molar-refractivity contribution in [2.75, 3.05) is 12.4 Å². The lowest BCUT2D eigenvalue weighted by atomic mass is 10.2. The summed E-state index contributed by atoms with van der Waals surface area (Å²) in [5.74, 6) is -0.726. The number of carbonyl (C=O) groups excluding carboxylic acids is 2. The van der Waals surface area contributed by atoms with E-state index in [9.17, 15) is 13.8 Å². The molecular weight excluding hydrogens is 362 g/mol. The lowest BCUT2D eigenvalue weighted by Gasteiger charge is -2.10. The van der Waals surface area contributed by atoms with E-state index in [1.807, 2.05) is 6.07 Å². The molecule has 0 unspecified atom stereocenters. The molecule has 0 saturated carbocycles. The fourth-order valence-corrected chi connectivity index (χ4v) is 3.23. The van der Waals surface area contributed by atoms with E-state index < -0.39 is 29.3 Å². The number of halogens is 1. The zero-order valence-corrected chi connectivity index (χ0v) is 15.2. The summed E-state index contributed by atoms with van der Waals surface area (Å²) in [6, 6.07) is 13.7. The second-order valence-electron chi connectivity index (χ2n) is 5.07. The van der Waals surface area contributed by atoms with Crippen molar-refractivity contribution < 1.29 is 18.5 Å². The molecule has 0 spiro atoms. The molecule has 5 nitrogen and oxygen atoms in total. The molecule has 0 radical (unpaired) electrons. The van der Waals surface area contributed by atoms with E-state index in [1.165, 1.54) is 6.07 Å². The third-order valence-corrected chi connectivity index (χ3v) is 5.12. The van der Waals surface area contributed by atoms with E-state index in [0.717, 1.165) is 5.56 Å². The summed E-state index contributed by atoms with van der Waals surface area (Å²) in [5, 5.41) is 3.19. The van der Waals surface area contributed by atoms with Crippen LogP contribution >= 0.6 is 11.6 Å². The van der Waals surface area contributed by atoms with E-state index in [2.05, 4.69) is 5.32 Å². The van der Waals surface area contributed by atoms with Gasteiger partial charge >= 0.3 is 5.97 Å². The molecule has 0 aromatic heterocycles. The number of ether oxygens (including phenoxy) is 1. The lowest BCUT2D eigenvalue weighted by Crippen LogP contribution is -2.28. The summed E-state index contributed by atoms with van der Waals surface area (Å²) in [6.07, 6.45) is 0. The van der Waals surface area contributed by atoms with Gasteiger partial charge in [-0.1, -0.05) is 48.9 Å². The van der Waals surface area contributed by atoms with Crippen LogP contribution in [0.3, 0.4) is 0 Å². The molecule has 7 heteroatoms. The number of hydrogen-bond donors (Lipinski definition) is 1. The Labute approximate surface area is 153 Å². The van der Waals surface area contributed by atoms with E-state index in [-0.39, 0.29) is 12.1 Å². The summed E-state index contributed by atoms with van der Waals surface area (Å²) >= 11 is 6.01. The standard InChI is InChI=1S/C18H18ClNO4S/c1-2-25(23)16-10-6-4-8-14(16)18(22)24-12-17(21)20-11-13-7-3-5-9-15(13)19/h3-10H,2,11-12H2,1H3,(H,20,21)/t25-/m0/s1. The molecule has 0 aliphatic carbocycles. The van der Waals surface area contributed by atoms with Crippen LogP contribution < -0.4 is 5.32 Å². The minimum atomic E-state index is -1.28. The van der Waals surface area contributed by atoms with Crippen LogP contribution in [0, 0.1) is 0 Å². The van der Waals surface area contributed by atoms with Crippen LogP contribution in [0.15, 0.2) is 53.4 Å². The summed E-state index contributed by atoms with van der Waals surface area (Å²) in [4.78, 5) is 24.4. The summed E-state index contributed by atoms with van der Waals surface area (Å²) < 4.78 is 17.0. The predicted molar refractivity (Wildman–Crippen MR) is 97.0 cm³/mol. The molecule has 1 amide bonds. The Morgan fingerprint density at radius 3 is 2.52 bits per heavy atom. The van der Waals surface area contributed by atoms with Crippen LogP contribution in [0.4, 0.5) is 0 Å². The van der Waals surface area contributed by atoms with Gasteiger partial charge in [0.05, 0.1) is 21.3 Å². The molecule has 0 fully saturated rings. The van der Waals surface area contributed by atoms with Crippen LogP contribution in [0.5, 0.6) is 0 Å². The smallest absolute Gasteiger partial charge is 0.339 e. The highest BCUT2D eigenvalue weighted by atomic mass is 35.5. The fourth-order valence-electron chi connectivity index (χ4n) is 2.08. The zero-order chi connectivity index (χ0) is 18.2. The van der Waals surface area contributed by atoms with Crippen molar-refractivity contribution in [2.45, 2.75) is 18.4 Å². The Balaban J connectivity index is 1.91. The number of hydrogen-bond acceptors (Lipinski definition) is 4. The molecule has 132 valence electrons. The van der Waals surface area contributed by atoms with Gasteiger partial charge in [0.2, 0.25) is 0 Å². The topological polar surface area (TPSA) is 72.5 Å². The Morgan fingerprint density at radius 2 is 1.80 bits per heavy atom. The molecule has 0 bridgehead atoms. The van der Waals surface area contributed by atoms with Gasteiger partial charge in [0.15, 0.2) is 6.61 Å². The number of rotatable bonds is 7. The SMILES string of the molecule is CC[S@](=O)c1ccccc1C(=O)OCC(=O)NCc1ccccc1Cl. The maximum absolute atomic E-state index is 12.2. The van der Waals surface area contributed by atoms with Crippen LogP contribution in [-0.2, 0) is 26.9 Å². The first-order valence-electron chi connectivity index (χ1n) is 7.67. The lowest BCUT2D eigenvalue weighted by molar-refractivity contribution is -0.124. The summed E-state index contributed by atoms with van der Waals surface area (Å²) in [6.45, 7) is 1.59. The van der Waals surface area contributed by atoms with Gasteiger partial charge in [-0.3, -0.25) is 9.00 Å². The monoisotopic (exact) mass is 379 g/mol. The second-order valence-corrected chi connectivity index (χ2v) is 7.19. The van der Waals surface area contributed by atoms with Crippen LogP contribution in [0.25, 0.3) is 0 Å². The fraction of sp³-hybridized carbons (Fsp3) is 0.222. The number of benzene rings is 2. The predicted octanol–water partition coefficient (Wildman–Crippen LogP) is 2.94. The molecular formula is C18H18ClNO4S. The minimum Gasteiger partial charge on any atom is -0.452 e. The highest BCUT2D eigenvalue weighted by Gasteiger charge is 2.17. The molecule has 25 heavy (non-hydrogen) atoms. The molecule has 0 aliphatic rings. The minimum absolute atomic E-state index is 0.210. The average molecular weight is 380 g/mol. The van der Waals surface area contributed by atoms with Crippen molar-refractivity contribution in [2.24, 2.45) is 0 Å². The van der Waals surface area contributed by atoms with Crippen molar-refractivity contribution in [1.82, 2.24) is 5.32 Å². The molecule has 2 aromatic rings. The Bertz CT molecular complexity index is 794. The van der Waals surface area contributed by atoms with Crippen LogP contribution in [0.1, 0.15) is 22.8 Å². The van der Waals surface area contributed by atoms with E-state index in [0.29, 0.717) is 15.7 Å². The van der Waals surface area contributed by atoms with Gasteiger partial charge in [-0.25, -0.2) is 4.79 Å². The number of esters is 1. The van der Waals surface area contributed by atoms with Gasteiger partial charge in [0.25, 0.3) is 5.91 Å². The number of nitrogens with one attached hydrogen (secondary N) is 1. The van der Waals surface area contributed by atoms with Crippen molar-refractivity contribution in [3.8, 4) is 0 Å². The maximum Gasteiger partial charge on any atom is 0.339 e. The molecule has 0 aliphatic heterocycles. The van der Waals surface area contributed by atoms with Gasteiger partial charge in [-0.2, -0.15) is 0 Å². The van der Waals surface area contributed by atoms with Gasteiger partial charge in [0, 0.05) is 17.3 Å².